The number of nitrogens with two attached hydrogens (primary N) is 1. The molecule has 1 amide bonds. The van der Waals surface area contributed by atoms with Gasteiger partial charge in [-0.05, 0) is 31.6 Å². The molecule has 4 rings (SSSR count). The molecule has 0 aromatic carbocycles. The first kappa shape index (κ1) is 21.1. The number of amidine groups is 1. The van der Waals surface area contributed by atoms with Gasteiger partial charge >= 0.3 is 0 Å². The number of nitrogens with one attached hydrogen (secondary N) is 2. The van der Waals surface area contributed by atoms with E-state index in [0.29, 0.717) is 37.9 Å². The van der Waals surface area contributed by atoms with Gasteiger partial charge in [0.1, 0.15) is 0 Å². The highest BCUT2D eigenvalue weighted by Gasteiger charge is 2.56. The fraction of sp³-hybridized carbons (Fsp3) is 0.909. The molecular weight excluding hydrogens is 366 g/mol. The van der Waals surface area contributed by atoms with Crippen molar-refractivity contribution in [1.82, 2.24) is 15.5 Å². The predicted molar refractivity (Wildman–Crippen MR) is 114 cm³/mol. The van der Waals surface area contributed by atoms with Crippen LogP contribution in [0.25, 0.3) is 0 Å². The SMILES string of the molecule is CCC(N)=NC1CNCN2CC(NC(=O)C3CCCC4CCCCC43)C(O)C12C. The molecule has 0 bridgehead atoms. The van der Waals surface area contributed by atoms with Crippen LogP contribution < -0.4 is 16.4 Å². The lowest BCUT2D eigenvalue weighted by atomic mass is 9.65. The minimum atomic E-state index is -0.655. The lowest BCUT2D eigenvalue weighted by Crippen LogP contribution is -2.65. The number of aliphatic hydroxyl groups excluding tert-OH is 1. The highest BCUT2D eigenvalue weighted by atomic mass is 16.3. The molecule has 2 saturated heterocycles. The maximum absolute atomic E-state index is 13.3. The van der Waals surface area contributed by atoms with Crippen molar-refractivity contribution >= 4 is 11.7 Å². The van der Waals surface area contributed by atoms with E-state index in [-0.39, 0.29) is 23.9 Å². The van der Waals surface area contributed by atoms with Gasteiger partial charge in [0.05, 0.1) is 29.6 Å². The normalized spacial score (nSPS) is 43.5. The molecule has 0 radical (unpaired) electrons. The van der Waals surface area contributed by atoms with Gasteiger partial charge in [0.15, 0.2) is 0 Å². The molecular formula is C22H39N5O2. The first-order chi connectivity index (χ1) is 13.9. The molecule has 4 aliphatic rings. The van der Waals surface area contributed by atoms with Crippen molar-refractivity contribution in [3.05, 3.63) is 0 Å². The summed E-state index contributed by atoms with van der Waals surface area (Å²) in [6, 6.07) is -0.373. The third-order valence-electron chi connectivity index (χ3n) is 8.32. The van der Waals surface area contributed by atoms with Crippen molar-refractivity contribution in [2.75, 3.05) is 19.8 Å². The maximum Gasteiger partial charge on any atom is 0.223 e. The zero-order valence-corrected chi connectivity index (χ0v) is 18.1. The Morgan fingerprint density at radius 3 is 2.83 bits per heavy atom. The summed E-state index contributed by atoms with van der Waals surface area (Å²) in [5.74, 6) is 2.16. The number of amides is 1. The summed E-state index contributed by atoms with van der Waals surface area (Å²) in [4.78, 5) is 20.2. The molecule has 7 unspecified atom stereocenters. The Hall–Kier alpha value is -1.18. The van der Waals surface area contributed by atoms with Gasteiger partial charge in [-0.2, -0.15) is 0 Å². The molecule has 7 atom stereocenters. The topological polar surface area (TPSA) is 103 Å². The number of aliphatic hydroxyl groups is 1. The zero-order chi connectivity index (χ0) is 20.6. The second-order valence-electron chi connectivity index (χ2n) is 9.86. The summed E-state index contributed by atoms with van der Waals surface area (Å²) in [5.41, 5.74) is 5.51. The highest BCUT2D eigenvalue weighted by molar-refractivity contribution is 5.80. The smallest absolute Gasteiger partial charge is 0.223 e. The van der Waals surface area contributed by atoms with E-state index < -0.39 is 11.6 Å². The van der Waals surface area contributed by atoms with Crippen LogP contribution in [0.15, 0.2) is 4.99 Å². The van der Waals surface area contributed by atoms with Crippen molar-refractivity contribution < 1.29 is 9.90 Å². The molecule has 7 nitrogen and oxygen atoms in total. The number of carbonyl (C=O) groups is 1. The molecule has 2 aliphatic carbocycles. The Morgan fingerprint density at radius 1 is 1.28 bits per heavy atom. The second-order valence-corrected chi connectivity index (χ2v) is 9.86. The lowest BCUT2D eigenvalue weighted by Gasteiger charge is -2.46. The fourth-order valence-corrected chi connectivity index (χ4v) is 6.46. The van der Waals surface area contributed by atoms with Gasteiger partial charge in [-0.1, -0.05) is 39.0 Å². The molecule has 0 aromatic heterocycles. The van der Waals surface area contributed by atoms with Crippen LogP contribution in [0.1, 0.15) is 65.2 Å². The highest BCUT2D eigenvalue weighted by Crippen LogP contribution is 2.44. The van der Waals surface area contributed by atoms with Gasteiger partial charge < -0.3 is 21.5 Å². The monoisotopic (exact) mass is 405 g/mol. The molecule has 2 heterocycles. The van der Waals surface area contributed by atoms with Crippen molar-refractivity contribution in [1.29, 1.82) is 0 Å². The molecule has 7 heteroatoms. The first-order valence-electron chi connectivity index (χ1n) is 11.7. The van der Waals surface area contributed by atoms with E-state index in [1.165, 1.54) is 32.1 Å². The summed E-state index contributed by atoms with van der Waals surface area (Å²) in [5, 5.41) is 17.9. The van der Waals surface area contributed by atoms with Crippen molar-refractivity contribution in [3.63, 3.8) is 0 Å². The third-order valence-corrected chi connectivity index (χ3v) is 8.32. The Kier molecular flexibility index (Phi) is 6.19. The molecule has 5 N–H and O–H groups in total. The lowest BCUT2D eigenvalue weighted by molar-refractivity contribution is -0.131. The van der Waals surface area contributed by atoms with Gasteiger partial charge in [-0.15, -0.1) is 0 Å². The van der Waals surface area contributed by atoms with Gasteiger partial charge in [0.2, 0.25) is 5.91 Å². The Bertz CT molecular complexity index is 639. The second kappa shape index (κ2) is 8.52. The standard InChI is InChI=1S/C22H39N5O2/c1-3-19(23)26-18-11-24-13-27-12-17(20(28)22(18,27)2)25-21(29)16-10-6-8-14-7-4-5-9-15(14)16/h14-18,20,24,28H,3-13H2,1-2H3,(H2,23,26)(H,25,29). The minimum absolute atomic E-state index is 0.120. The van der Waals surface area contributed by atoms with Gasteiger partial charge in [0, 0.05) is 32.1 Å². The Morgan fingerprint density at radius 2 is 2.03 bits per heavy atom. The summed E-state index contributed by atoms with van der Waals surface area (Å²) in [6.45, 7) is 6.10. The molecule has 2 saturated carbocycles. The average molecular weight is 406 g/mol. The van der Waals surface area contributed by atoms with Crippen LogP contribution in [-0.4, -0.2) is 65.2 Å². The number of aliphatic imine (C=N–C) groups is 1. The quantitative estimate of drug-likeness (QED) is 0.416. The number of hydrogen-bond acceptors (Lipinski definition) is 5. The van der Waals surface area contributed by atoms with Gasteiger partial charge in [-0.25, -0.2) is 0 Å². The summed E-state index contributed by atoms with van der Waals surface area (Å²) in [7, 11) is 0. The number of nitrogens with zero attached hydrogens (tertiary/aromatic N) is 2. The third kappa shape index (κ3) is 3.81. The van der Waals surface area contributed by atoms with Crippen molar-refractivity contribution in [2.24, 2.45) is 28.5 Å². The predicted octanol–water partition coefficient (Wildman–Crippen LogP) is 1.21. The average Bonchev–Trinajstić information content (AvgIpc) is 2.99. The van der Waals surface area contributed by atoms with Crippen LogP contribution in [0.2, 0.25) is 0 Å². The van der Waals surface area contributed by atoms with Crippen molar-refractivity contribution in [2.45, 2.75) is 88.9 Å². The number of rotatable bonds is 4. The first-order valence-corrected chi connectivity index (χ1v) is 11.7. The van der Waals surface area contributed by atoms with E-state index in [9.17, 15) is 9.90 Å². The molecule has 29 heavy (non-hydrogen) atoms. The van der Waals surface area contributed by atoms with E-state index in [1.54, 1.807) is 0 Å². The van der Waals surface area contributed by atoms with Crippen LogP contribution in [0.3, 0.4) is 0 Å². The maximum atomic E-state index is 13.3. The summed E-state index contributed by atoms with van der Waals surface area (Å²) < 4.78 is 0. The molecule has 4 fully saturated rings. The molecule has 0 aromatic rings. The number of carbonyl (C=O) groups excluding carboxylic acids is 1. The van der Waals surface area contributed by atoms with E-state index >= 15 is 0 Å². The fourth-order valence-electron chi connectivity index (χ4n) is 6.46. The number of fused-ring (bicyclic) bond motifs is 2. The molecule has 164 valence electrons. The minimum Gasteiger partial charge on any atom is -0.389 e. The largest absolute Gasteiger partial charge is 0.389 e. The molecule has 2 aliphatic heterocycles. The van der Waals surface area contributed by atoms with Crippen LogP contribution in [-0.2, 0) is 4.79 Å². The van der Waals surface area contributed by atoms with Crippen LogP contribution in [0, 0.1) is 17.8 Å². The Labute approximate surface area is 174 Å². The number of hydrogen-bond donors (Lipinski definition) is 4. The Balaban J connectivity index is 1.46. The van der Waals surface area contributed by atoms with Crippen LogP contribution >= 0.6 is 0 Å². The summed E-state index contributed by atoms with van der Waals surface area (Å²) in [6.07, 6.45) is 8.55. The van der Waals surface area contributed by atoms with E-state index in [2.05, 4.69) is 22.5 Å². The van der Waals surface area contributed by atoms with Crippen molar-refractivity contribution in [3.8, 4) is 0 Å². The molecule has 0 spiro atoms. The van der Waals surface area contributed by atoms with E-state index in [4.69, 9.17) is 10.7 Å². The van der Waals surface area contributed by atoms with E-state index in [0.717, 1.165) is 18.8 Å². The van der Waals surface area contributed by atoms with E-state index in [1.807, 2.05) is 6.92 Å². The van der Waals surface area contributed by atoms with Gasteiger partial charge in [0.25, 0.3) is 0 Å². The van der Waals surface area contributed by atoms with Crippen LogP contribution in [0.5, 0.6) is 0 Å². The zero-order valence-electron chi connectivity index (χ0n) is 18.1. The van der Waals surface area contributed by atoms with Crippen LogP contribution in [0.4, 0.5) is 0 Å². The van der Waals surface area contributed by atoms with Gasteiger partial charge in [-0.3, -0.25) is 14.7 Å². The summed E-state index contributed by atoms with van der Waals surface area (Å²) >= 11 is 0.